The topological polar surface area (TPSA) is 76.5 Å². The minimum atomic E-state index is -0.520. The third-order valence-corrected chi connectivity index (χ3v) is 6.60. The Morgan fingerprint density at radius 1 is 0.895 bits per heavy atom. The molecule has 4 aromatic rings. The number of rotatable bonds is 6. The fourth-order valence-electron chi connectivity index (χ4n) is 4.12. The van der Waals surface area contributed by atoms with Gasteiger partial charge in [-0.15, -0.1) is 0 Å². The van der Waals surface area contributed by atoms with E-state index in [0.29, 0.717) is 37.0 Å². The van der Waals surface area contributed by atoms with Gasteiger partial charge in [0.05, 0.1) is 40.9 Å². The van der Waals surface area contributed by atoms with Gasteiger partial charge in [-0.1, -0.05) is 71.7 Å². The van der Waals surface area contributed by atoms with Gasteiger partial charge >= 0.3 is 0 Å². The van der Waals surface area contributed by atoms with Gasteiger partial charge in [0.1, 0.15) is 5.70 Å². The summed E-state index contributed by atoms with van der Waals surface area (Å²) in [5.41, 5.74) is 3.39. The number of para-hydroxylation sites is 1. The van der Waals surface area contributed by atoms with Gasteiger partial charge in [-0.05, 0) is 42.5 Å². The van der Waals surface area contributed by atoms with E-state index in [9.17, 15) is 9.59 Å². The summed E-state index contributed by atoms with van der Waals surface area (Å²) in [5, 5.41) is 8.20. The van der Waals surface area contributed by atoms with Crippen LogP contribution in [-0.2, 0) is 9.53 Å². The van der Waals surface area contributed by atoms with Crippen LogP contribution in [0.15, 0.2) is 90.6 Å². The zero-order chi connectivity index (χ0) is 26.5. The number of nitrogens with one attached hydrogen (secondary N) is 1. The highest BCUT2D eigenvalue weighted by Gasteiger charge is 2.24. The summed E-state index contributed by atoms with van der Waals surface area (Å²) in [5.74, 6) is -0.845. The third-order valence-electron chi connectivity index (χ3n) is 6.05. The highest BCUT2D eigenvalue weighted by molar-refractivity contribution is 6.36. The van der Waals surface area contributed by atoms with Crippen LogP contribution in [0.3, 0.4) is 0 Å². The van der Waals surface area contributed by atoms with Crippen LogP contribution in [0, 0.1) is 0 Å². The Hall–Kier alpha value is -3.91. The lowest BCUT2D eigenvalue weighted by Crippen LogP contribution is -2.44. The smallest absolute Gasteiger partial charge is 0.270 e. The summed E-state index contributed by atoms with van der Waals surface area (Å²) in [6.45, 7) is 1.69. The number of morpholine rings is 1. The molecule has 2 heterocycles. The van der Waals surface area contributed by atoms with E-state index < -0.39 is 5.91 Å². The molecule has 9 heteroatoms. The summed E-state index contributed by atoms with van der Waals surface area (Å²) < 4.78 is 7.16. The largest absolute Gasteiger partial charge is 0.378 e. The Morgan fingerprint density at radius 2 is 1.58 bits per heavy atom. The minimum absolute atomic E-state index is 0.0969. The van der Waals surface area contributed by atoms with E-state index in [1.54, 1.807) is 21.7 Å². The van der Waals surface area contributed by atoms with Crippen LogP contribution in [-0.4, -0.2) is 52.8 Å². The van der Waals surface area contributed by atoms with Crippen molar-refractivity contribution in [3.8, 4) is 16.9 Å². The number of hydrogen-bond donors (Lipinski definition) is 1. The first kappa shape index (κ1) is 25.7. The Morgan fingerprint density at radius 3 is 2.26 bits per heavy atom. The molecule has 0 bridgehead atoms. The Kier molecular flexibility index (Phi) is 7.89. The van der Waals surface area contributed by atoms with Gasteiger partial charge in [-0.3, -0.25) is 9.59 Å². The van der Waals surface area contributed by atoms with Crippen LogP contribution < -0.4 is 5.32 Å². The second-order valence-electron chi connectivity index (χ2n) is 8.61. The molecule has 2 amide bonds. The lowest BCUT2D eigenvalue weighted by molar-refractivity contribution is -0.131. The number of ether oxygens (including phenoxy) is 1. The minimum Gasteiger partial charge on any atom is -0.378 e. The van der Waals surface area contributed by atoms with Crippen molar-refractivity contribution in [3.63, 3.8) is 0 Å². The molecule has 1 aliphatic heterocycles. The quantitative estimate of drug-likeness (QED) is 0.325. The summed E-state index contributed by atoms with van der Waals surface area (Å²) >= 11 is 12.3. The number of halogens is 2. The van der Waals surface area contributed by atoms with Crippen LogP contribution in [0.2, 0.25) is 10.0 Å². The average Bonchev–Trinajstić information content (AvgIpc) is 3.37. The molecule has 7 nitrogen and oxygen atoms in total. The SMILES string of the molecule is O=C(NC(=Cc1cc(-c2ccccc2)nn1-c1ccccc1)C(=O)N1CCOCC1)c1ccc(Cl)cc1Cl. The van der Waals surface area contributed by atoms with Crippen LogP contribution in [0.5, 0.6) is 0 Å². The van der Waals surface area contributed by atoms with Crippen LogP contribution >= 0.6 is 23.2 Å². The molecule has 0 saturated carbocycles. The van der Waals surface area contributed by atoms with Gasteiger partial charge in [-0.2, -0.15) is 5.10 Å². The summed E-state index contributed by atoms with van der Waals surface area (Å²) in [6.07, 6.45) is 1.64. The Labute approximate surface area is 230 Å². The number of hydrogen-bond acceptors (Lipinski definition) is 4. The van der Waals surface area contributed by atoms with Crippen molar-refractivity contribution in [2.45, 2.75) is 0 Å². The van der Waals surface area contributed by atoms with Crippen molar-refractivity contribution < 1.29 is 14.3 Å². The summed E-state index contributed by atoms with van der Waals surface area (Å²) in [7, 11) is 0. The lowest BCUT2D eigenvalue weighted by Gasteiger charge is -2.28. The van der Waals surface area contributed by atoms with E-state index in [4.69, 9.17) is 33.0 Å². The zero-order valence-electron chi connectivity index (χ0n) is 20.3. The fraction of sp³-hybridized carbons (Fsp3) is 0.138. The van der Waals surface area contributed by atoms with E-state index in [1.165, 1.54) is 12.1 Å². The molecule has 1 fully saturated rings. The second-order valence-corrected chi connectivity index (χ2v) is 9.45. The molecule has 0 aliphatic carbocycles. The summed E-state index contributed by atoms with van der Waals surface area (Å²) in [6, 6.07) is 25.8. The van der Waals surface area contributed by atoms with E-state index in [1.807, 2.05) is 66.7 Å². The fourth-order valence-corrected chi connectivity index (χ4v) is 4.62. The molecule has 38 heavy (non-hydrogen) atoms. The molecule has 0 unspecified atom stereocenters. The van der Waals surface area contributed by atoms with E-state index in [2.05, 4.69) is 5.32 Å². The maximum absolute atomic E-state index is 13.6. The van der Waals surface area contributed by atoms with Crippen molar-refractivity contribution in [1.29, 1.82) is 0 Å². The molecule has 1 N–H and O–H groups in total. The number of aromatic nitrogens is 2. The number of nitrogens with zero attached hydrogens (tertiary/aromatic N) is 3. The molecule has 5 rings (SSSR count). The maximum Gasteiger partial charge on any atom is 0.270 e. The number of carbonyl (C=O) groups is 2. The first-order chi connectivity index (χ1) is 18.5. The van der Waals surface area contributed by atoms with Gasteiger partial charge in [-0.25, -0.2) is 4.68 Å². The van der Waals surface area contributed by atoms with Crippen molar-refractivity contribution in [2.75, 3.05) is 26.3 Å². The molecule has 0 spiro atoms. The van der Waals surface area contributed by atoms with Gasteiger partial charge < -0.3 is 15.0 Å². The van der Waals surface area contributed by atoms with E-state index in [0.717, 1.165) is 16.9 Å². The highest BCUT2D eigenvalue weighted by atomic mass is 35.5. The predicted octanol–water partition coefficient (Wildman–Crippen LogP) is 5.48. The van der Waals surface area contributed by atoms with Gasteiger partial charge in [0.25, 0.3) is 11.8 Å². The number of amides is 2. The van der Waals surface area contributed by atoms with Crippen LogP contribution in [0.25, 0.3) is 23.0 Å². The predicted molar refractivity (Wildman–Crippen MR) is 148 cm³/mol. The molecule has 0 radical (unpaired) electrons. The highest BCUT2D eigenvalue weighted by Crippen LogP contribution is 2.25. The summed E-state index contributed by atoms with van der Waals surface area (Å²) in [4.78, 5) is 28.5. The molecule has 192 valence electrons. The van der Waals surface area contributed by atoms with Crippen molar-refractivity contribution >= 4 is 41.1 Å². The molecule has 1 aliphatic rings. The lowest BCUT2D eigenvalue weighted by atomic mass is 10.1. The average molecular weight is 547 g/mol. The Bertz CT molecular complexity index is 1480. The number of benzene rings is 3. The zero-order valence-corrected chi connectivity index (χ0v) is 21.8. The number of carbonyl (C=O) groups excluding carboxylic acids is 2. The van der Waals surface area contributed by atoms with Crippen molar-refractivity contribution in [3.05, 3.63) is 112 Å². The first-order valence-corrected chi connectivity index (χ1v) is 12.8. The maximum atomic E-state index is 13.6. The molecular weight excluding hydrogens is 523 g/mol. The van der Waals surface area contributed by atoms with Crippen molar-refractivity contribution in [2.24, 2.45) is 0 Å². The molecule has 3 aromatic carbocycles. The molecule has 0 atom stereocenters. The van der Waals surface area contributed by atoms with Gasteiger partial charge in [0.2, 0.25) is 0 Å². The van der Waals surface area contributed by atoms with Gasteiger partial charge in [0, 0.05) is 23.7 Å². The third kappa shape index (κ3) is 5.81. The Balaban J connectivity index is 1.59. The molecule has 1 saturated heterocycles. The van der Waals surface area contributed by atoms with E-state index in [-0.39, 0.29) is 22.2 Å². The first-order valence-electron chi connectivity index (χ1n) is 12.1. The monoisotopic (exact) mass is 546 g/mol. The standard InChI is InChI=1S/C29H24Cl2N4O3/c30-21-11-12-24(25(31)17-21)28(36)32-27(29(37)34-13-15-38-16-14-34)19-23-18-26(20-7-3-1-4-8-20)33-35(23)22-9-5-2-6-10-22/h1-12,17-19H,13-16H2,(H,32,36). The van der Waals surface area contributed by atoms with Crippen LogP contribution in [0.1, 0.15) is 16.1 Å². The second kappa shape index (κ2) is 11.6. The van der Waals surface area contributed by atoms with E-state index >= 15 is 0 Å². The van der Waals surface area contributed by atoms with Gasteiger partial charge in [0.15, 0.2) is 0 Å². The molecule has 1 aromatic heterocycles. The molecular formula is C29H24Cl2N4O3. The van der Waals surface area contributed by atoms with Crippen molar-refractivity contribution in [1.82, 2.24) is 20.0 Å². The normalized spacial score (nSPS) is 13.8. The van der Waals surface area contributed by atoms with Crippen LogP contribution in [0.4, 0.5) is 0 Å².